The predicted molar refractivity (Wildman–Crippen MR) is 63.5 cm³/mol. The summed E-state index contributed by atoms with van der Waals surface area (Å²) in [5.74, 6) is 0.926. The maximum absolute atomic E-state index is 10.9. The number of hydrogen-bond donors (Lipinski definition) is 0. The van der Waals surface area contributed by atoms with Crippen molar-refractivity contribution in [1.29, 1.82) is 0 Å². The van der Waals surface area contributed by atoms with Crippen LogP contribution < -0.4 is 0 Å². The molecule has 82 valence electrons. The Bertz CT molecular complexity index is 479. The first-order chi connectivity index (χ1) is 7.74. The first-order valence-electron chi connectivity index (χ1n) is 5.09. The monoisotopic (exact) mass is 232 g/mol. The number of Topliss-reactive ketones (excluding diaryl/α,β-unsaturated/α-hetero) is 1. The molecular formula is C12H12N2OS. The Morgan fingerprint density at radius 3 is 2.75 bits per heavy atom. The molecule has 0 saturated carbocycles. The van der Waals surface area contributed by atoms with Crippen LogP contribution in [0.4, 0.5) is 0 Å². The maximum atomic E-state index is 10.9. The van der Waals surface area contributed by atoms with E-state index in [4.69, 9.17) is 0 Å². The van der Waals surface area contributed by atoms with Gasteiger partial charge in [0.2, 0.25) is 0 Å². The molecule has 1 aromatic carbocycles. The van der Waals surface area contributed by atoms with Gasteiger partial charge in [0, 0.05) is 6.42 Å². The van der Waals surface area contributed by atoms with Crippen molar-refractivity contribution in [2.45, 2.75) is 19.8 Å². The van der Waals surface area contributed by atoms with E-state index in [2.05, 4.69) is 9.36 Å². The third kappa shape index (κ3) is 2.97. The number of nitrogens with zero attached hydrogens (tertiary/aromatic N) is 2. The molecule has 0 unspecified atom stereocenters. The molecule has 2 rings (SSSR count). The molecule has 0 bridgehead atoms. The Hall–Kier alpha value is -1.55. The number of carbonyl (C=O) groups excluding carboxylic acids is 1. The smallest absolute Gasteiger partial charge is 0.146 e. The summed E-state index contributed by atoms with van der Waals surface area (Å²) < 4.78 is 4.24. The van der Waals surface area contributed by atoms with Crippen molar-refractivity contribution < 1.29 is 4.79 Å². The summed E-state index contributed by atoms with van der Waals surface area (Å²) in [6.45, 7) is 1.57. The fraction of sp³-hybridized carbons (Fsp3) is 0.250. The van der Waals surface area contributed by atoms with Crippen molar-refractivity contribution in [3.63, 3.8) is 0 Å². The molecule has 0 atom stereocenters. The molecule has 1 aromatic heterocycles. The molecule has 3 nitrogen and oxygen atoms in total. The van der Waals surface area contributed by atoms with E-state index >= 15 is 0 Å². The number of rotatable bonds is 4. The molecule has 0 fully saturated rings. The number of hydrogen-bond acceptors (Lipinski definition) is 4. The Morgan fingerprint density at radius 1 is 1.31 bits per heavy atom. The van der Waals surface area contributed by atoms with Gasteiger partial charge in [0.05, 0.1) is 6.42 Å². The number of benzene rings is 1. The molecule has 0 radical (unpaired) electrons. The van der Waals surface area contributed by atoms with E-state index in [1.807, 2.05) is 30.3 Å². The van der Waals surface area contributed by atoms with Gasteiger partial charge in [-0.15, -0.1) is 0 Å². The lowest BCUT2D eigenvalue weighted by atomic mass is 10.1. The maximum Gasteiger partial charge on any atom is 0.146 e. The van der Waals surface area contributed by atoms with Crippen LogP contribution >= 0.6 is 11.5 Å². The van der Waals surface area contributed by atoms with Crippen LogP contribution in [0.15, 0.2) is 30.3 Å². The highest BCUT2D eigenvalue weighted by Gasteiger charge is 2.06. The van der Waals surface area contributed by atoms with Gasteiger partial charge in [-0.2, -0.15) is 4.37 Å². The average Bonchev–Trinajstić information content (AvgIpc) is 2.66. The molecule has 0 aliphatic heterocycles. The van der Waals surface area contributed by atoms with Gasteiger partial charge in [0.15, 0.2) is 0 Å². The van der Waals surface area contributed by atoms with Gasteiger partial charge >= 0.3 is 0 Å². The van der Waals surface area contributed by atoms with E-state index < -0.39 is 0 Å². The van der Waals surface area contributed by atoms with Crippen molar-refractivity contribution in [2.24, 2.45) is 0 Å². The first-order valence-corrected chi connectivity index (χ1v) is 5.86. The molecular weight excluding hydrogens is 220 g/mol. The number of aromatic nitrogens is 2. The van der Waals surface area contributed by atoms with Crippen LogP contribution in [-0.2, 0) is 17.6 Å². The first kappa shape index (κ1) is 11.0. The zero-order valence-electron chi connectivity index (χ0n) is 9.01. The molecule has 4 heteroatoms. The lowest BCUT2D eigenvalue weighted by Gasteiger charge is -1.95. The normalized spacial score (nSPS) is 10.3. The van der Waals surface area contributed by atoms with Crippen LogP contribution in [0.5, 0.6) is 0 Å². The van der Waals surface area contributed by atoms with Crippen LogP contribution in [0, 0.1) is 0 Å². The standard InChI is InChI=1S/C12H12N2OS/c1-9(15)7-12-13-11(14-16-12)8-10-5-3-2-4-6-10/h2-6H,7-8H2,1H3. The fourth-order valence-electron chi connectivity index (χ4n) is 1.43. The lowest BCUT2D eigenvalue weighted by molar-refractivity contribution is -0.116. The molecule has 0 aliphatic carbocycles. The Balaban J connectivity index is 2.06. The molecule has 1 heterocycles. The molecule has 0 spiro atoms. The summed E-state index contributed by atoms with van der Waals surface area (Å²) in [5.41, 5.74) is 1.19. The lowest BCUT2D eigenvalue weighted by Crippen LogP contribution is -1.96. The summed E-state index contributed by atoms with van der Waals surface area (Å²) in [4.78, 5) is 15.3. The third-order valence-electron chi connectivity index (χ3n) is 2.12. The van der Waals surface area contributed by atoms with E-state index in [0.29, 0.717) is 6.42 Å². The zero-order chi connectivity index (χ0) is 11.4. The zero-order valence-corrected chi connectivity index (χ0v) is 9.83. The largest absolute Gasteiger partial charge is 0.300 e. The van der Waals surface area contributed by atoms with Crippen molar-refractivity contribution in [1.82, 2.24) is 9.36 Å². The minimum Gasteiger partial charge on any atom is -0.300 e. The van der Waals surface area contributed by atoms with Gasteiger partial charge in [0.25, 0.3) is 0 Å². The van der Waals surface area contributed by atoms with Gasteiger partial charge < -0.3 is 0 Å². The minimum atomic E-state index is 0.127. The van der Waals surface area contributed by atoms with Crippen molar-refractivity contribution in [2.75, 3.05) is 0 Å². The number of ketones is 1. The highest BCUT2D eigenvalue weighted by Crippen LogP contribution is 2.10. The fourth-order valence-corrected chi connectivity index (χ4v) is 2.16. The van der Waals surface area contributed by atoms with Gasteiger partial charge in [-0.05, 0) is 24.0 Å². The van der Waals surface area contributed by atoms with Crippen LogP contribution in [0.3, 0.4) is 0 Å². The van der Waals surface area contributed by atoms with Gasteiger partial charge in [0.1, 0.15) is 16.6 Å². The Morgan fingerprint density at radius 2 is 2.06 bits per heavy atom. The van der Waals surface area contributed by atoms with Gasteiger partial charge in [-0.1, -0.05) is 30.3 Å². The van der Waals surface area contributed by atoms with Crippen LogP contribution in [0.25, 0.3) is 0 Å². The average molecular weight is 232 g/mol. The Kier molecular flexibility index (Phi) is 3.41. The molecule has 0 aliphatic rings. The summed E-state index contributed by atoms with van der Waals surface area (Å²) in [5, 5.41) is 0.804. The molecule has 2 aromatic rings. The van der Waals surface area contributed by atoms with Gasteiger partial charge in [-0.3, -0.25) is 4.79 Å². The van der Waals surface area contributed by atoms with Crippen LogP contribution in [-0.4, -0.2) is 15.1 Å². The van der Waals surface area contributed by atoms with E-state index in [1.54, 1.807) is 6.92 Å². The molecule has 0 N–H and O–H groups in total. The quantitative estimate of drug-likeness (QED) is 0.812. The Labute approximate surface area is 98.3 Å². The highest BCUT2D eigenvalue weighted by molar-refractivity contribution is 7.05. The summed E-state index contributed by atoms with van der Waals surface area (Å²) in [7, 11) is 0. The molecule has 16 heavy (non-hydrogen) atoms. The second-order valence-electron chi connectivity index (χ2n) is 3.65. The van der Waals surface area contributed by atoms with Gasteiger partial charge in [-0.25, -0.2) is 4.98 Å². The molecule has 0 saturated heterocycles. The van der Waals surface area contributed by atoms with E-state index in [9.17, 15) is 4.79 Å². The van der Waals surface area contributed by atoms with Crippen molar-refractivity contribution in [3.8, 4) is 0 Å². The predicted octanol–water partition coefficient (Wildman–Crippen LogP) is 2.26. The van der Waals surface area contributed by atoms with Crippen molar-refractivity contribution in [3.05, 3.63) is 46.7 Å². The van der Waals surface area contributed by atoms with E-state index in [1.165, 1.54) is 17.1 Å². The summed E-state index contributed by atoms with van der Waals surface area (Å²) >= 11 is 1.32. The van der Waals surface area contributed by atoms with E-state index in [0.717, 1.165) is 17.3 Å². The topological polar surface area (TPSA) is 42.9 Å². The summed E-state index contributed by atoms with van der Waals surface area (Å²) in [6, 6.07) is 10.1. The molecule has 0 amide bonds. The minimum absolute atomic E-state index is 0.127. The van der Waals surface area contributed by atoms with E-state index in [-0.39, 0.29) is 5.78 Å². The number of carbonyl (C=O) groups is 1. The second kappa shape index (κ2) is 4.99. The highest BCUT2D eigenvalue weighted by atomic mass is 32.1. The van der Waals surface area contributed by atoms with Crippen LogP contribution in [0.1, 0.15) is 23.3 Å². The van der Waals surface area contributed by atoms with Crippen LogP contribution in [0.2, 0.25) is 0 Å². The second-order valence-corrected chi connectivity index (χ2v) is 4.48. The SMILES string of the molecule is CC(=O)Cc1nc(Cc2ccccc2)ns1. The summed E-state index contributed by atoms with van der Waals surface area (Å²) in [6.07, 6.45) is 1.13. The van der Waals surface area contributed by atoms with Crippen molar-refractivity contribution >= 4 is 17.3 Å². The third-order valence-corrected chi connectivity index (χ3v) is 2.86.